The Morgan fingerprint density at radius 1 is 1.32 bits per heavy atom. The molecule has 3 nitrogen and oxygen atoms in total. The number of hydrogen-bond donors (Lipinski definition) is 0. The molecule has 1 heterocycles. The molecule has 1 aliphatic heterocycles. The van der Waals surface area contributed by atoms with E-state index >= 15 is 0 Å². The highest BCUT2D eigenvalue weighted by Gasteiger charge is 2.34. The van der Waals surface area contributed by atoms with Crippen molar-refractivity contribution in [3.05, 3.63) is 29.3 Å². The van der Waals surface area contributed by atoms with E-state index in [-0.39, 0.29) is 17.3 Å². The second-order valence-corrected chi connectivity index (χ2v) is 9.80. The van der Waals surface area contributed by atoms with E-state index in [4.69, 9.17) is 4.43 Å². The lowest BCUT2D eigenvalue weighted by Crippen LogP contribution is -2.35. The zero-order valence-corrected chi connectivity index (χ0v) is 15.9. The Hall–Kier alpha value is -1.13. The van der Waals surface area contributed by atoms with E-state index in [1.54, 1.807) is 0 Å². The van der Waals surface area contributed by atoms with Gasteiger partial charge in [0.2, 0.25) is 0 Å². The lowest BCUT2D eigenvalue weighted by atomic mass is 9.82. The smallest absolute Gasteiger partial charge is 0.171 e. The average Bonchev–Trinajstić information content (AvgIpc) is 2.44. The van der Waals surface area contributed by atoms with Crippen LogP contribution in [-0.4, -0.2) is 27.9 Å². The van der Waals surface area contributed by atoms with Gasteiger partial charge >= 0.3 is 0 Å². The van der Waals surface area contributed by atoms with Crippen LogP contribution in [0.15, 0.2) is 18.2 Å². The van der Waals surface area contributed by atoms with Gasteiger partial charge in [0.15, 0.2) is 14.8 Å². The van der Waals surface area contributed by atoms with E-state index < -0.39 is 9.04 Å². The summed E-state index contributed by atoms with van der Waals surface area (Å²) in [5.41, 5.74) is 3.16. The Labute approximate surface area is 136 Å². The molecule has 1 aromatic carbocycles. The number of carbonyl (C=O) groups excluding carboxylic acids is 1. The molecular weight excluding hydrogens is 290 g/mol. The SMILES string of the molecule is CCN1CCC(=O)c2cccc(C(O[SiH](C)C)C(C)(C)C)c21. The Morgan fingerprint density at radius 3 is 2.55 bits per heavy atom. The van der Waals surface area contributed by atoms with Crippen LogP contribution >= 0.6 is 0 Å². The van der Waals surface area contributed by atoms with Gasteiger partial charge in [-0.05, 0) is 31.5 Å². The van der Waals surface area contributed by atoms with Crippen molar-refractivity contribution in [2.45, 2.75) is 53.3 Å². The Balaban J connectivity index is 2.58. The van der Waals surface area contributed by atoms with Crippen LogP contribution in [0.25, 0.3) is 0 Å². The van der Waals surface area contributed by atoms with Gasteiger partial charge in [0.1, 0.15) is 0 Å². The molecule has 2 rings (SSSR count). The molecule has 0 saturated carbocycles. The summed E-state index contributed by atoms with van der Waals surface area (Å²) in [5.74, 6) is 0.260. The maximum absolute atomic E-state index is 12.3. The summed E-state index contributed by atoms with van der Waals surface area (Å²) in [4.78, 5) is 14.7. The molecule has 122 valence electrons. The lowest BCUT2D eigenvalue weighted by molar-refractivity contribution is 0.0863. The van der Waals surface area contributed by atoms with Gasteiger partial charge in [0.05, 0.1) is 11.8 Å². The van der Waals surface area contributed by atoms with Gasteiger partial charge in [-0.1, -0.05) is 32.9 Å². The van der Waals surface area contributed by atoms with Crippen molar-refractivity contribution >= 4 is 20.5 Å². The van der Waals surface area contributed by atoms with Crippen LogP contribution < -0.4 is 4.90 Å². The Morgan fingerprint density at radius 2 is 2.00 bits per heavy atom. The topological polar surface area (TPSA) is 29.5 Å². The zero-order chi connectivity index (χ0) is 16.5. The third kappa shape index (κ3) is 3.44. The van der Waals surface area contributed by atoms with E-state index in [9.17, 15) is 4.79 Å². The normalized spacial score (nSPS) is 16.9. The summed E-state index contributed by atoms with van der Waals surface area (Å²) >= 11 is 0. The largest absolute Gasteiger partial charge is 0.413 e. The molecule has 0 fully saturated rings. The number of Topliss-reactive ketones (excluding diaryl/α,β-unsaturated/α-hetero) is 1. The van der Waals surface area contributed by atoms with Gasteiger partial charge < -0.3 is 9.33 Å². The number of nitrogens with zero attached hydrogens (tertiary/aromatic N) is 1. The van der Waals surface area contributed by atoms with Crippen LogP contribution in [0.3, 0.4) is 0 Å². The molecule has 0 aliphatic carbocycles. The molecule has 0 saturated heterocycles. The van der Waals surface area contributed by atoms with Gasteiger partial charge in [-0.2, -0.15) is 0 Å². The number of benzene rings is 1. The van der Waals surface area contributed by atoms with Crippen LogP contribution in [0.1, 0.15) is 56.1 Å². The van der Waals surface area contributed by atoms with E-state index in [0.717, 1.165) is 24.3 Å². The van der Waals surface area contributed by atoms with Crippen LogP contribution in [0.4, 0.5) is 5.69 Å². The summed E-state index contributed by atoms with van der Waals surface area (Å²) < 4.78 is 6.40. The summed E-state index contributed by atoms with van der Waals surface area (Å²) in [6.07, 6.45) is 0.652. The van der Waals surface area contributed by atoms with Crippen molar-refractivity contribution < 1.29 is 9.22 Å². The van der Waals surface area contributed by atoms with Crippen LogP contribution in [0.5, 0.6) is 0 Å². The van der Waals surface area contributed by atoms with E-state index in [1.165, 1.54) is 5.56 Å². The molecule has 0 spiro atoms. The summed E-state index contributed by atoms with van der Waals surface area (Å²) in [7, 11) is -1.18. The lowest BCUT2D eigenvalue weighted by Gasteiger charge is -2.38. The molecule has 4 heteroatoms. The Bertz CT molecular complexity index is 549. The number of carbonyl (C=O) groups is 1. The van der Waals surface area contributed by atoms with E-state index in [0.29, 0.717) is 6.42 Å². The maximum Gasteiger partial charge on any atom is 0.171 e. The first-order valence-electron chi connectivity index (χ1n) is 8.32. The minimum absolute atomic E-state index is 0.00625. The van der Waals surface area contributed by atoms with Crippen molar-refractivity contribution in [2.24, 2.45) is 5.41 Å². The average molecular weight is 320 g/mol. The third-order valence-electron chi connectivity index (χ3n) is 4.15. The summed E-state index contributed by atoms with van der Waals surface area (Å²) in [6, 6.07) is 6.12. The highest BCUT2D eigenvalue weighted by atomic mass is 28.3. The monoisotopic (exact) mass is 319 g/mol. The summed E-state index contributed by atoms with van der Waals surface area (Å²) in [6.45, 7) is 15.0. The number of ketones is 1. The maximum atomic E-state index is 12.3. The van der Waals surface area contributed by atoms with E-state index in [2.05, 4.69) is 51.8 Å². The number of anilines is 1. The molecule has 0 bridgehead atoms. The quantitative estimate of drug-likeness (QED) is 0.780. The highest BCUT2D eigenvalue weighted by molar-refractivity contribution is 6.48. The van der Waals surface area contributed by atoms with Crippen LogP contribution in [-0.2, 0) is 4.43 Å². The fraction of sp³-hybridized carbons (Fsp3) is 0.611. The number of para-hydroxylation sites is 1. The van der Waals surface area contributed by atoms with Crippen LogP contribution in [0.2, 0.25) is 13.1 Å². The second kappa shape index (κ2) is 6.55. The standard InChI is InChI=1S/C18H29NO2Si/c1-7-19-12-11-15(20)13-9-8-10-14(16(13)19)17(18(2,3)4)21-22(5)6/h8-10,17,22H,7,11-12H2,1-6H3. The minimum Gasteiger partial charge on any atom is -0.413 e. The predicted octanol–water partition coefficient (Wildman–Crippen LogP) is 4.19. The fourth-order valence-electron chi connectivity index (χ4n) is 3.17. The zero-order valence-electron chi connectivity index (χ0n) is 14.8. The van der Waals surface area contributed by atoms with Gasteiger partial charge in [0.25, 0.3) is 0 Å². The first kappa shape index (κ1) is 17.2. The van der Waals surface area contributed by atoms with Crippen molar-refractivity contribution in [3.63, 3.8) is 0 Å². The molecule has 0 radical (unpaired) electrons. The molecular formula is C18H29NO2Si. The number of rotatable bonds is 4. The Kier molecular flexibility index (Phi) is 5.13. The van der Waals surface area contributed by atoms with Crippen molar-refractivity contribution in [2.75, 3.05) is 18.0 Å². The van der Waals surface area contributed by atoms with Gasteiger partial charge in [0, 0.05) is 30.6 Å². The number of fused-ring (bicyclic) bond motifs is 1. The van der Waals surface area contributed by atoms with Gasteiger partial charge in [-0.3, -0.25) is 4.79 Å². The first-order chi connectivity index (χ1) is 10.3. The second-order valence-electron chi connectivity index (χ2n) is 7.43. The highest BCUT2D eigenvalue weighted by Crippen LogP contribution is 2.43. The molecule has 0 N–H and O–H groups in total. The summed E-state index contributed by atoms with van der Waals surface area (Å²) in [5, 5.41) is 0. The molecule has 1 aromatic rings. The predicted molar refractivity (Wildman–Crippen MR) is 95.4 cm³/mol. The first-order valence-corrected chi connectivity index (χ1v) is 11.1. The molecule has 1 unspecified atom stereocenters. The molecule has 22 heavy (non-hydrogen) atoms. The van der Waals surface area contributed by atoms with Crippen molar-refractivity contribution in [1.29, 1.82) is 0 Å². The van der Waals surface area contributed by atoms with E-state index in [1.807, 2.05) is 12.1 Å². The van der Waals surface area contributed by atoms with Crippen molar-refractivity contribution in [1.82, 2.24) is 0 Å². The molecule has 0 aromatic heterocycles. The van der Waals surface area contributed by atoms with Gasteiger partial charge in [-0.25, -0.2) is 0 Å². The van der Waals surface area contributed by atoms with Gasteiger partial charge in [-0.15, -0.1) is 0 Å². The van der Waals surface area contributed by atoms with Crippen molar-refractivity contribution in [3.8, 4) is 0 Å². The number of hydrogen-bond acceptors (Lipinski definition) is 3. The third-order valence-corrected chi connectivity index (χ3v) is 4.97. The minimum atomic E-state index is -1.18. The molecule has 1 aliphatic rings. The molecule has 0 amide bonds. The fourth-order valence-corrected chi connectivity index (χ4v) is 4.27. The van der Waals surface area contributed by atoms with Crippen LogP contribution in [0, 0.1) is 5.41 Å². The molecule has 1 atom stereocenters.